The molecule has 0 spiro atoms. The number of hydrogen-bond acceptors (Lipinski definition) is 3. The number of rotatable bonds is 5. The predicted molar refractivity (Wildman–Crippen MR) is 67.7 cm³/mol. The highest BCUT2D eigenvalue weighted by molar-refractivity contribution is 5.77. The van der Waals surface area contributed by atoms with Gasteiger partial charge in [-0.25, -0.2) is 0 Å². The smallest absolute Gasteiger partial charge is 0.132 e. The highest BCUT2D eigenvalue weighted by Gasteiger charge is 2.30. The summed E-state index contributed by atoms with van der Waals surface area (Å²) < 4.78 is 0. The van der Waals surface area contributed by atoms with Gasteiger partial charge in [0.2, 0.25) is 0 Å². The molecule has 0 aromatic rings. The van der Waals surface area contributed by atoms with Crippen LogP contribution >= 0.6 is 0 Å². The minimum absolute atomic E-state index is 0.271. The lowest BCUT2D eigenvalue weighted by atomic mass is 9.99. The van der Waals surface area contributed by atoms with Gasteiger partial charge in [0, 0.05) is 38.0 Å². The lowest BCUT2D eigenvalue weighted by Crippen LogP contribution is -2.57. The Labute approximate surface area is 99.8 Å². The van der Waals surface area contributed by atoms with Crippen molar-refractivity contribution in [2.24, 2.45) is 0 Å². The van der Waals surface area contributed by atoms with Crippen molar-refractivity contribution in [3.63, 3.8) is 0 Å². The molecule has 1 aliphatic rings. The summed E-state index contributed by atoms with van der Waals surface area (Å²) in [6, 6.07) is 0. The molecule has 3 heteroatoms. The molecule has 94 valence electrons. The van der Waals surface area contributed by atoms with Gasteiger partial charge >= 0.3 is 0 Å². The molecule has 0 amide bonds. The van der Waals surface area contributed by atoms with Crippen molar-refractivity contribution in [3.8, 4) is 0 Å². The first kappa shape index (κ1) is 13.7. The van der Waals surface area contributed by atoms with Crippen molar-refractivity contribution in [1.29, 1.82) is 0 Å². The van der Waals surface area contributed by atoms with Crippen molar-refractivity contribution in [3.05, 3.63) is 0 Å². The van der Waals surface area contributed by atoms with Crippen molar-refractivity contribution in [2.75, 3.05) is 33.2 Å². The summed E-state index contributed by atoms with van der Waals surface area (Å²) in [4.78, 5) is 16.1. The third-order valence-corrected chi connectivity index (χ3v) is 3.72. The molecule has 1 aliphatic heterocycles. The lowest BCUT2D eigenvalue weighted by Gasteiger charge is -2.45. The van der Waals surface area contributed by atoms with Gasteiger partial charge in [0.05, 0.1) is 0 Å². The zero-order valence-electron chi connectivity index (χ0n) is 11.3. The van der Waals surface area contributed by atoms with Crippen molar-refractivity contribution in [2.45, 2.75) is 45.6 Å². The molecule has 16 heavy (non-hydrogen) atoms. The Morgan fingerprint density at radius 3 is 2.56 bits per heavy atom. The summed E-state index contributed by atoms with van der Waals surface area (Å²) >= 11 is 0. The average Bonchev–Trinajstić information content (AvgIpc) is 2.22. The summed E-state index contributed by atoms with van der Waals surface area (Å²) in [5.74, 6) is 0.397. The Hall–Kier alpha value is -0.410. The van der Waals surface area contributed by atoms with E-state index >= 15 is 0 Å². The molecule has 1 heterocycles. The molecule has 1 fully saturated rings. The van der Waals surface area contributed by atoms with Crippen LogP contribution in [0.5, 0.6) is 0 Å². The Balaban J connectivity index is 2.26. The Bertz CT molecular complexity index is 238. The fraction of sp³-hybridized carbons (Fsp3) is 0.923. The molecule has 0 aliphatic carbocycles. The molecule has 0 aromatic heterocycles. The minimum atomic E-state index is 0.271. The Morgan fingerprint density at radius 2 is 2.00 bits per heavy atom. The van der Waals surface area contributed by atoms with Gasteiger partial charge in [0.1, 0.15) is 5.78 Å². The van der Waals surface area contributed by atoms with E-state index in [2.05, 4.69) is 30.7 Å². The van der Waals surface area contributed by atoms with Gasteiger partial charge in [0.25, 0.3) is 0 Å². The molecule has 0 N–H and O–H groups in total. The fourth-order valence-electron chi connectivity index (χ4n) is 2.21. The van der Waals surface area contributed by atoms with Crippen LogP contribution in [0.25, 0.3) is 0 Å². The van der Waals surface area contributed by atoms with Crippen molar-refractivity contribution in [1.82, 2.24) is 9.80 Å². The van der Waals surface area contributed by atoms with E-state index in [4.69, 9.17) is 0 Å². The van der Waals surface area contributed by atoms with Crippen LogP contribution in [0.4, 0.5) is 0 Å². The highest BCUT2D eigenvalue weighted by Crippen LogP contribution is 2.18. The zero-order valence-corrected chi connectivity index (χ0v) is 11.3. The second-order valence-corrected chi connectivity index (χ2v) is 5.51. The first-order valence-electron chi connectivity index (χ1n) is 6.41. The predicted octanol–water partition coefficient (Wildman–Crippen LogP) is 1.77. The summed E-state index contributed by atoms with van der Waals surface area (Å²) in [6.45, 7) is 11.0. The van der Waals surface area contributed by atoms with Crippen LogP contribution in [0.15, 0.2) is 0 Å². The molecule has 3 nitrogen and oxygen atoms in total. The Morgan fingerprint density at radius 1 is 1.31 bits per heavy atom. The molecule has 0 atom stereocenters. The largest absolute Gasteiger partial charge is 0.300 e. The maximum atomic E-state index is 11.2. The second-order valence-electron chi connectivity index (χ2n) is 5.51. The van der Waals surface area contributed by atoms with Crippen LogP contribution in [0.1, 0.15) is 40.0 Å². The number of carbonyl (C=O) groups is 1. The van der Waals surface area contributed by atoms with Gasteiger partial charge in [-0.3, -0.25) is 9.69 Å². The normalized spacial score (nSPS) is 22.2. The molecule has 1 rings (SSSR count). The Kier molecular flexibility index (Phi) is 4.93. The van der Waals surface area contributed by atoms with E-state index in [0.717, 1.165) is 39.0 Å². The SMILES string of the molecule is CCC(=O)CCCN1CCN(C)C(C)(C)C1. The van der Waals surface area contributed by atoms with Gasteiger partial charge in [-0.2, -0.15) is 0 Å². The number of nitrogens with zero attached hydrogens (tertiary/aromatic N) is 2. The van der Waals surface area contributed by atoms with E-state index in [1.165, 1.54) is 0 Å². The van der Waals surface area contributed by atoms with Crippen LogP contribution in [-0.2, 0) is 4.79 Å². The van der Waals surface area contributed by atoms with Gasteiger partial charge in [-0.05, 0) is 33.9 Å². The van der Waals surface area contributed by atoms with E-state index in [-0.39, 0.29) is 5.54 Å². The number of likely N-dealkylation sites (N-methyl/N-ethyl adjacent to an activating group) is 1. The van der Waals surface area contributed by atoms with E-state index in [0.29, 0.717) is 12.2 Å². The summed E-state index contributed by atoms with van der Waals surface area (Å²) in [5.41, 5.74) is 0.271. The third-order valence-electron chi connectivity index (χ3n) is 3.72. The minimum Gasteiger partial charge on any atom is -0.300 e. The first-order chi connectivity index (χ1) is 7.45. The standard InChI is InChI=1S/C13H26N2O/c1-5-12(16)7-6-8-15-10-9-14(4)13(2,3)11-15/h5-11H2,1-4H3. The van der Waals surface area contributed by atoms with E-state index in [1.807, 2.05) is 6.92 Å². The van der Waals surface area contributed by atoms with E-state index in [9.17, 15) is 4.79 Å². The number of piperazine rings is 1. The van der Waals surface area contributed by atoms with Crippen molar-refractivity contribution < 1.29 is 4.79 Å². The molecule has 0 aromatic carbocycles. The third kappa shape index (κ3) is 3.87. The topological polar surface area (TPSA) is 23.6 Å². The maximum Gasteiger partial charge on any atom is 0.132 e. The molecular weight excluding hydrogens is 200 g/mol. The molecule has 0 saturated carbocycles. The molecular formula is C13H26N2O. The molecule has 1 saturated heterocycles. The van der Waals surface area contributed by atoms with E-state index in [1.54, 1.807) is 0 Å². The van der Waals surface area contributed by atoms with Gasteiger partial charge < -0.3 is 4.90 Å². The maximum absolute atomic E-state index is 11.2. The monoisotopic (exact) mass is 226 g/mol. The van der Waals surface area contributed by atoms with Crippen LogP contribution in [0.2, 0.25) is 0 Å². The van der Waals surface area contributed by atoms with Crippen LogP contribution < -0.4 is 0 Å². The number of Topliss-reactive ketones (excluding diaryl/α,β-unsaturated/α-hetero) is 1. The van der Waals surface area contributed by atoms with Gasteiger partial charge in [0.15, 0.2) is 0 Å². The molecule has 0 unspecified atom stereocenters. The zero-order chi connectivity index (χ0) is 12.2. The van der Waals surface area contributed by atoms with Gasteiger partial charge in [-0.1, -0.05) is 6.92 Å². The second kappa shape index (κ2) is 5.78. The number of carbonyl (C=O) groups excluding carboxylic acids is 1. The molecule has 0 radical (unpaired) electrons. The first-order valence-corrected chi connectivity index (χ1v) is 6.41. The summed E-state index contributed by atoms with van der Waals surface area (Å²) in [6.07, 6.45) is 2.46. The summed E-state index contributed by atoms with van der Waals surface area (Å²) in [7, 11) is 2.19. The number of ketones is 1. The van der Waals surface area contributed by atoms with Gasteiger partial charge in [-0.15, -0.1) is 0 Å². The fourth-order valence-corrected chi connectivity index (χ4v) is 2.21. The van der Waals surface area contributed by atoms with Crippen LogP contribution in [0.3, 0.4) is 0 Å². The highest BCUT2D eigenvalue weighted by atomic mass is 16.1. The lowest BCUT2D eigenvalue weighted by molar-refractivity contribution is -0.118. The van der Waals surface area contributed by atoms with Crippen molar-refractivity contribution >= 4 is 5.78 Å². The quantitative estimate of drug-likeness (QED) is 0.714. The van der Waals surface area contributed by atoms with Crippen LogP contribution in [0, 0.1) is 0 Å². The van der Waals surface area contributed by atoms with E-state index < -0.39 is 0 Å². The summed E-state index contributed by atoms with van der Waals surface area (Å²) in [5, 5.41) is 0. The molecule has 0 bridgehead atoms. The average molecular weight is 226 g/mol. The van der Waals surface area contributed by atoms with Crippen LogP contribution in [-0.4, -0.2) is 54.3 Å². The number of hydrogen-bond donors (Lipinski definition) is 0.